The van der Waals surface area contributed by atoms with E-state index in [0.717, 1.165) is 11.1 Å². The summed E-state index contributed by atoms with van der Waals surface area (Å²) in [5.41, 5.74) is 3.13. The first-order valence-corrected chi connectivity index (χ1v) is 6.67. The summed E-state index contributed by atoms with van der Waals surface area (Å²) in [5.74, 6) is -0.249. The van der Waals surface area contributed by atoms with Crippen molar-refractivity contribution in [2.24, 2.45) is 0 Å². The van der Waals surface area contributed by atoms with Crippen molar-refractivity contribution in [3.63, 3.8) is 0 Å². The average Bonchev–Trinajstić information content (AvgIpc) is 2.54. The van der Waals surface area contributed by atoms with E-state index in [4.69, 9.17) is 4.74 Å². The lowest BCUT2D eigenvalue weighted by molar-refractivity contribution is 0.0906. The summed E-state index contributed by atoms with van der Waals surface area (Å²) in [5, 5.41) is 0. The Morgan fingerprint density at radius 3 is 2.19 bits per heavy atom. The van der Waals surface area contributed by atoms with Crippen LogP contribution in [0.25, 0.3) is 11.1 Å². The fourth-order valence-electron chi connectivity index (χ4n) is 2.58. The number of fused-ring (bicyclic) bond motifs is 1. The second-order valence-corrected chi connectivity index (χ2v) is 4.94. The molecule has 0 radical (unpaired) electrons. The van der Waals surface area contributed by atoms with Gasteiger partial charge in [0.2, 0.25) is 5.78 Å². The zero-order chi connectivity index (χ0) is 15.0. The summed E-state index contributed by atoms with van der Waals surface area (Å²) in [6, 6.07) is 15.1. The Morgan fingerprint density at radius 1 is 0.810 bits per heavy atom. The molecule has 0 heterocycles. The number of ether oxygens (including phenoxy) is 1. The number of Topliss-reactive ketones (excluding diaryl/α,β-unsaturated/α-hetero) is 2. The summed E-state index contributed by atoms with van der Waals surface area (Å²) in [7, 11) is 1.41. The molecule has 0 aliphatic heterocycles. The van der Waals surface area contributed by atoms with Crippen molar-refractivity contribution in [1.29, 1.82) is 0 Å². The van der Waals surface area contributed by atoms with Gasteiger partial charge in [0.05, 0.1) is 7.11 Å². The summed E-state index contributed by atoms with van der Waals surface area (Å²) in [6.45, 7) is 1.62. The predicted octanol–water partition coefficient (Wildman–Crippen LogP) is 3.65. The van der Waals surface area contributed by atoms with E-state index >= 15 is 0 Å². The normalized spacial score (nSPS) is 14.2. The zero-order valence-electron chi connectivity index (χ0n) is 11.8. The number of methoxy groups -OCH3 is 1. The molecule has 104 valence electrons. The maximum atomic E-state index is 12.5. The van der Waals surface area contributed by atoms with Crippen LogP contribution in [0.4, 0.5) is 0 Å². The van der Waals surface area contributed by atoms with E-state index in [0.29, 0.717) is 16.7 Å². The number of ketones is 2. The molecule has 0 N–H and O–H groups in total. The molecule has 3 heteroatoms. The van der Waals surface area contributed by atoms with Crippen molar-refractivity contribution >= 4 is 11.6 Å². The van der Waals surface area contributed by atoms with Gasteiger partial charge in [0.25, 0.3) is 0 Å². The van der Waals surface area contributed by atoms with Gasteiger partial charge in [0.1, 0.15) is 0 Å². The number of hydrogen-bond acceptors (Lipinski definition) is 3. The average molecular weight is 278 g/mol. The fraction of sp³-hybridized carbons (Fsp3) is 0.111. The molecule has 0 aromatic heterocycles. The van der Waals surface area contributed by atoms with Crippen molar-refractivity contribution in [3.05, 3.63) is 71.0 Å². The van der Waals surface area contributed by atoms with Gasteiger partial charge in [-0.15, -0.1) is 0 Å². The van der Waals surface area contributed by atoms with Crippen LogP contribution in [0.3, 0.4) is 0 Å². The minimum atomic E-state index is -0.234. The van der Waals surface area contributed by atoms with Crippen LogP contribution in [-0.2, 0) is 4.74 Å². The Kier molecular flexibility index (Phi) is 3.18. The summed E-state index contributed by atoms with van der Waals surface area (Å²) < 4.78 is 5.10. The van der Waals surface area contributed by atoms with E-state index < -0.39 is 0 Å². The van der Waals surface area contributed by atoms with Crippen LogP contribution < -0.4 is 0 Å². The molecule has 0 saturated carbocycles. The maximum Gasteiger partial charge on any atom is 0.228 e. The molecule has 0 spiro atoms. The van der Waals surface area contributed by atoms with Gasteiger partial charge in [-0.25, -0.2) is 0 Å². The summed E-state index contributed by atoms with van der Waals surface area (Å²) in [6.07, 6.45) is 0. The van der Waals surface area contributed by atoms with Crippen molar-refractivity contribution in [2.75, 3.05) is 7.11 Å². The van der Waals surface area contributed by atoms with Gasteiger partial charge in [-0.3, -0.25) is 9.59 Å². The predicted molar refractivity (Wildman–Crippen MR) is 80.2 cm³/mol. The van der Waals surface area contributed by atoms with Crippen LogP contribution in [0.15, 0.2) is 59.9 Å². The smallest absolute Gasteiger partial charge is 0.228 e. The van der Waals surface area contributed by atoms with Crippen LogP contribution >= 0.6 is 0 Å². The van der Waals surface area contributed by atoms with E-state index in [1.54, 1.807) is 19.1 Å². The van der Waals surface area contributed by atoms with Crippen LogP contribution in [0, 0.1) is 0 Å². The number of hydrogen-bond donors (Lipinski definition) is 0. The lowest BCUT2D eigenvalue weighted by Gasteiger charge is -2.18. The molecule has 1 aliphatic carbocycles. The molecular weight excluding hydrogens is 264 g/mol. The van der Waals surface area contributed by atoms with Crippen molar-refractivity contribution in [1.82, 2.24) is 0 Å². The molecule has 3 nitrogen and oxygen atoms in total. The van der Waals surface area contributed by atoms with E-state index in [9.17, 15) is 9.59 Å². The molecule has 1 aliphatic rings. The van der Waals surface area contributed by atoms with Gasteiger partial charge >= 0.3 is 0 Å². The zero-order valence-corrected chi connectivity index (χ0v) is 11.8. The first-order valence-electron chi connectivity index (χ1n) is 6.67. The largest absolute Gasteiger partial charge is 0.492 e. The molecule has 0 fully saturated rings. The summed E-state index contributed by atoms with van der Waals surface area (Å²) in [4.78, 5) is 24.7. The molecule has 21 heavy (non-hydrogen) atoms. The Balaban J connectivity index is 2.16. The molecule has 2 aromatic rings. The lowest BCUT2D eigenvalue weighted by Crippen LogP contribution is -2.21. The molecule has 0 amide bonds. The van der Waals surface area contributed by atoms with Gasteiger partial charge in [-0.05, 0) is 30.2 Å². The third-order valence-electron chi connectivity index (χ3n) is 3.71. The first kappa shape index (κ1) is 13.3. The van der Waals surface area contributed by atoms with E-state index in [-0.39, 0.29) is 17.3 Å². The van der Waals surface area contributed by atoms with Crippen LogP contribution in [0.5, 0.6) is 0 Å². The molecule has 0 atom stereocenters. The molecule has 2 aromatic carbocycles. The van der Waals surface area contributed by atoms with Crippen LogP contribution in [0.1, 0.15) is 27.6 Å². The number of carbonyl (C=O) groups excluding carboxylic acids is 2. The summed E-state index contributed by atoms with van der Waals surface area (Å²) >= 11 is 0. The highest BCUT2D eigenvalue weighted by atomic mass is 16.5. The third-order valence-corrected chi connectivity index (χ3v) is 3.71. The second kappa shape index (κ2) is 5.02. The fourth-order valence-corrected chi connectivity index (χ4v) is 2.58. The Bertz CT molecular complexity index is 770. The molecular formula is C18H14O3. The molecule has 0 unspecified atom stereocenters. The van der Waals surface area contributed by atoms with Crippen LogP contribution in [0.2, 0.25) is 0 Å². The Labute approximate surface area is 122 Å². The Morgan fingerprint density at radius 2 is 1.52 bits per heavy atom. The molecule has 0 saturated heterocycles. The van der Waals surface area contributed by atoms with Gasteiger partial charge in [0.15, 0.2) is 11.5 Å². The highest BCUT2D eigenvalue weighted by Crippen LogP contribution is 2.30. The van der Waals surface area contributed by atoms with Crippen LogP contribution in [-0.4, -0.2) is 18.7 Å². The molecule has 3 rings (SSSR count). The van der Waals surface area contributed by atoms with Crippen molar-refractivity contribution in [2.45, 2.75) is 6.92 Å². The SMILES string of the molecule is COC1=C(C)C(=O)c2ccc(-c3ccccc3)cc2C1=O. The number of benzene rings is 2. The van der Waals surface area contributed by atoms with Gasteiger partial charge < -0.3 is 4.74 Å². The first-order chi connectivity index (χ1) is 10.1. The van der Waals surface area contributed by atoms with Gasteiger partial charge in [-0.2, -0.15) is 0 Å². The highest BCUT2D eigenvalue weighted by molar-refractivity contribution is 6.26. The lowest BCUT2D eigenvalue weighted by atomic mass is 9.87. The van der Waals surface area contributed by atoms with Crippen molar-refractivity contribution < 1.29 is 14.3 Å². The second-order valence-electron chi connectivity index (χ2n) is 4.94. The third kappa shape index (κ3) is 2.07. The Hall–Kier alpha value is -2.68. The maximum absolute atomic E-state index is 12.5. The van der Waals surface area contributed by atoms with E-state index in [1.807, 2.05) is 36.4 Å². The minimum Gasteiger partial charge on any atom is -0.492 e. The monoisotopic (exact) mass is 278 g/mol. The quantitative estimate of drug-likeness (QED) is 0.842. The van der Waals surface area contributed by atoms with Gasteiger partial charge in [0, 0.05) is 16.7 Å². The minimum absolute atomic E-state index is 0.137. The van der Waals surface area contributed by atoms with E-state index in [1.165, 1.54) is 7.11 Å². The molecule has 0 bridgehead atoms. The number of rotatable bonds is 2. The number of allylic oxidation sites excluding steroid dienone is 2. The van der Waals surface area contributed by atoms with Crippen molar-refractivity contribution in [3.8, 4) is 11.1 Å². The standard InChI is InChI=1S/C18H14O3/c1-11-16(19)14-9-8-13(12-6-4-3-5-7-12)10-15(14)17(20)18(11)21-2/h3-10H,1-2H3. The van der Waals surface area contributed by atoms with E-state index in [2.05, 4.69) is 0 Å². The van der Waals surface area contributed by atoms with Gasteiger partial charge in [-0.1, -0.05) is 36.4 Å². The number of carbonyl (C=O) groups is 2. The highest BCUT2D eigenvalue weighted by Gasteiger charge is 2.31. The topological polar surface area (TPSA) is 43.4 Å².